The van der Waals surface area contributed by atoms with Crippen LogP contribution in [0.5, 0.6) is 0 Å². The van der Waals surface area contributed by atoms with Crippen molar-refractivity contribution >= 4 is 151 Å². The Morgan fingerprint density at radius 2 is 0.315 bits per heavy atom. The van der Waals surface area contributed by atoms with Crippen LogP contribution in [0.25, 0.3) is 151 Å². The summed E-state index contributed by atoms with van der Waals surface area (Å²) in [7, 11) is 0. The van der Waals surface area contributed by atoms with E-state index in [0.717, 1.165) is 0 Å². The van der Waals surface area contributed by atoms with Crippen LogP contribution in [0.3, 0.4) is 0 Å². The van der Waals surface area contributed by atoms with Gasteiger partial charge >= 0.3 is 0 Å². The van der Waals surface area contributed by atoms with Crippen molar-refractivity contribution in [3.63, 3.8) is 0 Å². The number of hydrogen-bond acceptors (Lipinski definition) is 0. The van der Waals surface area contributed by atoms with E-state index in [-0.39, 0.29) is 0 Å². The quantitative estimate of drug-likeness (QED) is 0.111. The van der Waals surface area contributed by atoms with E-state index in [2.05, 4.69) is 158 Å². The molecule has 0 unspecified atom stereocenters. The lowest BCUT2D eigenvalue weighted by atomic mass is 9.79. The van der Waals surface area contributed by atoms with Gasteiger partial charge in [-0.3, -0.25) is 0 Å². The first-order valence-corrected chi connectivity index (χ1v) is 19.1. The molecule has 0 nitrogen and oxygen atoms in total. The van der Waals surface area contributed by atoms with Crippen molar-refractivity contribution in [2.45, 2.75) is 0 Å². The van der Waals surface area contributed by atoms with E-state index in [0.29, 0.717) is 0 Å². The third kappa shape index (κ3) is 2.78. The Balaban J connectivity index is 1.23. The molecule has 15 aromatic carbocycles. The largest absolute Gasteiger partial charge is 0.0616 e. The lowest BCUT2D eigenvalue weighted by molar-refractivity contribution is 1.80. The maximum Gasteiger partial charge on any atom is -0.000740 e. The average Bonchev–Trinajstić information content (AvgIpc) is 3.24. The molecule has 0 aliphatic rings. The highest BCUT2D eigenvalue weighted by molar-refractivity contribution is 6.50. The minimum Gasteiger partial charge on any atom is -0.0616 e. The van der Waals surface area contributed by atoms with Crippen LogP contribution in [0.2, 0.25) is 0 Å². The van der Waals surface area contributed by atoms with Gasteiger partial charge in [-0.2, -0.15) is 0 Å². The molecule has 54 heavy (non-hydrogen) atoms. The molecule has 0 atom stereocenters. The fourth-order valence-electron chi connectivity index (χ4n) is 11.6. The Kier molecular flexibility index (Phi) is 4.34. The summed E-state index contributed by atoms with van der Waals surface area (Å²) in [5.41, 5.74) is 0. The number of hydrogen-bond donors (Lipinski definition) is 0. The molecule has 0 amide bonds. The van der Waals surface area contributed by atoms with Crippen molar-refractivity contribution in [1.82, 2.24) is 0 Å². The molecule has 0 radical (unpaired) electrons. The fraction of sp³-hybridized carbons (Fsp3) is 0. The Morgan fingerprint density at radius 3 is 0.593 bits per heavy atom. The van der Waals surface area contributed by atoms with Gasteiger partial charge in [-0.25, -0.2) is 0 Å². The van der Waals surface area contributed by atoms with Crippen molar-refractivity contribution in [3.05, 3.63) is 158 Å². The summed E-state index contributed by atoms with van der Waals surface area (Å²) < 4.78 is 0. The van der Waals surface area contributed by atoms with E-state index in [4.69, 9.17) is 0 Å². The summed E-state index contributed by atoms with van der Waals surface area (Å²) in [4.78, 5) is 0. The molecular weight excluding hydrogens is 649 g/mol. The van der Waals surface area contributed by atoms with Crippen molar-refractivity contribution in [3.8, 4) is 0 Å². The molecule has 0 N–H and O–H groups in total. The highest BCUT2D eigenvalue weighted by Crippen LogP contribution is 2.53. The lowest BCUT2D eigenvalue weighted by Gasteiger charge is -2.23. The van der Waals surface area contributed by atoms with Crippen molar-refractivity contribution in [2.75, 3.05) is 0 Å². The summed E-state index contributed by atoms with van der Waals surface area (Å²) >= 11 is 0. The van der Waals surface area contributed by atoms with Gasteiger partial charge in [0.1, 0.15) is 0 Å². The van der Waals surface area contributed by atoms with E-state index in [1.807, 2.05) is 0 Å². The third-order valence-corrected chi connectivity index (χ3v) is 13.6. The second-order valence-electron chi connectivity index (χ2n) is 15.8. The van der Waals surface area contributed by atoms with E-state index < -0.39 is 0 Å². The molecule has 0 saturated heterocycles. The van der Waals surface area contributed by atoms with Crippen LogP contribution in [-0.2, 0) is 0 Å². The normalized spacial score (nSPS) is 13.2. The van der Waals surface area contributed by atoms with E-state index in [9.17, 15) is 0 Å². The van der Waals surface area contributed by atoms with E-state index in [1.165, 1.54) is 151 Å². The highest BCUT2D eigenvalue weighted by Gasteiger charge is 2.25. The van der Waals surface area contributed by atoms with Gasteiger partial charge in [0.15, 0.2) is 0 Å². The second-order valence-corrected chi connectivity index (χ2v) is 15.8. The van der Waals surface area contributed by atoms with Gasteiger partial charge in [0.2, 0.25) is 0 Å². The monoisotopic (exact) mass is 674 g/mol. The molecule has 0 aliphatic heterocycles. The zero-order valence-corrected chi connectivity index (χ0v) is 29.0. The van der Waals surface area contributed by atoms with Crippen LogP contribution < -0.4 is 0 Å². The maximum atomic E-state index is 2.55. The molecule has 15 aromatic rings. The Bertz CT molecular complexity index is 3890. The summed E-state index contributed by atoms with van der Waals surface area (Å²) in [6.07, 6.45) is 0. The van der Waals surface area contributed by atoms with Gasteiger partial charge in [-0.15, -0.1) is 0 Å². The van der Waals surface area contributed by atoms with Gasteiger partial charge in [-0.1, -0.05) is 146 Å². The summed E-state index contributed by atoms with van der Waals surface area (Å²) in [5, 5.41) is 38.0. The summed E-state index contributed by atoms with van der Waals surface area (Å²) in [6.45, 7) is 0. The molecule has 0 heterocycles. The highest BCUT2D eigenvalue weighted by atomic mass is 14.3. The van der Waals surface area contributed by atoms with Crippen LogP contribution in [0, 0.1) is 0 Å². The van der Waals surface area contributed by atoms with E-state index in [1.54, 1.807) is 0 Å². The first-order valence-electron chi connectivity index (χ1n) is 19.1. The van der Waals surface area contributed by atoms with Crippen molar-refractivity contribution < 1.29 is 0 Å². The smallest absolute Gasteiger partial charge is 0.000740 e. The van der Waals surface area contributed by atoms with Gasteiger partial charge in [0.25, 0.3) is 0 Å². The van der Waals surface area contributed by atoms with E-state index >= 15 is 0 Å². The second kappa shape index (κ2) is 8.77. The van der Waals surface area contributed by atoms with Crippen LogP contribution in [-0.4, -0.2) is 0 Å². The van der Waals surface area contributed by atoms with Crippen LogP contribution in [0.15, 0.2) is 158 Å². The SMILES string of the molecule is c1ccc2c(c1)c1cccc3c4cccc5c6cc7c(cc6c6ccc2c(c13)c6c54)c1cccc2c3cccc4c5ccccc5c5ccc7c(c12)c5c43. The van der Waals surface area contributed by atoms with Crippen LogP contribution in [0.1, 0.15) is 0 Å². The third-order valence-electron chi connectivity index (χ3n) is 13.6. The number of benzene rings is 15. The predicted octanol–water partition coefficient (Wildman–Crippen LogP) is 15.6. The molecule has 0 aliphatic carbocycles. The fourth-order valence-corrected chi connectivity index (χ4v) is 11.6. The molecule has 0 heteroatoms. The molecule has 242 valence electrons. The van der Waals surface area contributed by atoms with Gasteiger partial charge in [0.05, 0.1) is 0 Å². The molecular formula is C54H26. The molecule has 0 saturated carbocycles. The molecule has 0 bridgehead atoms. The zero-order valence-electron chi connectivity index (χ0n) is 29.0. The molecule has 15 rings (SSSR count). The first-order chi connectivity index (χ1) is 26.8. The Morgan fingerprint density at radius 1 is 0.130 bits per heavy atom. The molecule has 0 fully saturated rings. The first kappa shape index (κ1) is 26.7. The van der Waals surface area contributed by atoms with Crippen molar-refractivity contribution in [2.24, 2.45) is 0 Å². The van der Waals surface area contributed by atoms with Crippen LogP contribution >= 0.6 is 0 Å². The molecule has 0 spiro atoms. The van der Waals surface area contributed by atoms with Crippen molar-refractivity contribution in [1.29, 1.82) is 0 Å². The Labute approximate surface area is 307 Å². The number of fused-ring (bicyclic) bond motifs is 14. The maximum absolute atomic E-state index is 2.55. The van der Waals surface area contributed by atoms with Gasteiger partial charge < -0.3 is 0 Å². The minimum absolute atomic E-state index is 1.33. The standard InChI is InChI=1S/C54H26/c1-3-11-29-27(9-1)31-13-5-15-33-35-17-7-19-37-43-26-46-42-24-22-40-30-12-4-2-10-28(30)32-14-6-16-34-36-18-8-20-38(50(36)54(42)52(40)48(32)34)44(46)25-45(43)41-23-21-39(29)51(47(31)33)53(41)49(35)37/h1-26H. The minimum atomic E-state index is 1.33. The van der Waals surface area contributed by atoms with Crippen LogP contribution in [0.4, 0.5) is 0 Å². The lowest BCUT2D eigenvalue weighted by Crippen LogP contribution is -1.94. The Hall–Kier alpha value is -7.02. The van der Waals surface area contributed by atoms with Gasteiger partial charge in [-0.05, 0) is 163 Å². The topological polar surface area (TPSA) is 0 Å². The average molecular weight is 675 g/mol. The molecule has 0 aromatic heterocycles. The van der Waals surface area contributed by atoms with Gasteiger partial charge in [0, 0.05) is 0 Å². The summed E-state index contributed by atoms with van der Waals surface area (Å²) in [5.74, 6) is 0. The zero-order chi connectivity index (χ0) is 34.6. The number of rotatable bonds is 0. The predicted molar refractivity (Wildman–Crippen MR) is 236 cm³/mol. The summed E-state index contributed by atoms with van der Waals surface area (Å²) in [6, 6.07) is 60.7.